The van der Waals surface area contributed by atoms with E-state index >= 15 is 0 Å². The number of aromatic nitrogens is 1. The van der Waals surface area contributed by atoms with Crippen LogP contribution in [-0.4, -0.2) is 18.0 Å². The van der Waals surface area contributed by atoms with Gasteiger partial charge in [0.1, 0.15) is 18.1 Å². The van der Waals surface area contributed by atoms with E-state index in [9.17, 15) is 0 Å². The monoisotopic (exact) mass is 286 g/mol. The predicted octanol–water partition coefficient (Wildman–Crippen LogP) is 3.25. The van der Waals surface area contributed by atoms with E-state index in [2.05, 4.69) is 22.4 Å². The van der Waals surface area contributed by atoms with Gasteiger partial charge in [-0.3, -0.25) is 0 Å². The number of hydrogen-bond acceptors (Lipinski definition) is 5. The van der Waals surface area contributed by atoms with E-state index < -0.39 is 0 Å². The van der Waals surface area contributed by atoms with Crippen LogP contribution in [0.25, 0.3) is 0 Å². The molecule has 5 nitrogen and oxygen atoms in total. The zero-order valence-electron chi connectivity index (χ0n) is 12.3. The standard InChI is InChI=1S/C16H18N2O3/c1-11-13(9-17-21-11)10-20-18-16-5-3-4-12-8-14(19-2)6-7-15(12)16/h6-9H,3-5,10H2,1-2H3. The summed E-state index contributed by atoms with van der Waals surface area (Å²) in [6, 6.07) is 6.10. The zero-order chi connectivity index (χ0) is 14.7. The van der Waals surface area contributed by atoms with Gasteiger partial charge in [0.2, 0.25) is 0 Å². The molecule has 1 heterocycles. The second kappa shape index (κ2) is 5.99. The number of benzene rings is 1. The van der Waals surface area contributed by atoms with Crippen LogP contribution in [0.3, 0.4) is 0 Å². The summed E-state index contributed by atoms with van der Waals surface area (Å²) in [5.41, 5.74) is 4.34. The molecule has 110 valence electrons. The molecule has 1 aromatic heterocycles. The van der Waals surface area contributed by atoms with E-state index in [0.717, 1.165) is 47.6 Å². The lowest BCUT2D eigenvalue weighted by Crippen LogP contribution is -2.12. The van der Waals surface area contributed by atoms with Gasteiger partial charge in [-0.2, -0.15) is 0 Å². The molecule has 0 fully saturated rings. The summed E-state index contributed by atoms with van der Waals surface area (Å²) in [4.78, 5) is 5.47. The molecule has 2 aromatic rings. The summed E-state index contributed by atoms with van der Waals surface area (Å²) in [6.45, 7) is 2.24. The summed E-state index contributed by atoms with van der Waals surface area (Å²) in [5.74, 6) is 1.65. The highest BCUT2D eigenvalue weighted by molar-refractivity contribution is 6.02. The first-order chi connectivity index (χ1) is 10.3. The lowest BCUT2D eigenvalue weighted by atomic mass is 9.90. The quantitative estimate of drug-likeness (QED) is 0.810. The molecule has 0 aliphatic heterocycles. The van der Waals surface area contributed by atoms with E-state index in [4.69, 9.17) is 14.1 Å². The Morgan fingerprint density at radius 3 is 3.00 bits per heavy atom. The van der Waals surface area contributed by atoms with E-state index in [0.29, 0.717) is 6.61 Å². The van der Waals surface area contributed by atoms with Gasteiger partial charge in [0, 0.05) is 5.56 Å². The molecular formula is C16H18N2O3. The van der Waals surface area contributed by atoms with Gasteiger partial charge in [-0.15, -0.1) is 0 Å². The van der Waals surface area contributed by atoms with Gasteiger partial charge in [0.15, 0.2) is 0 Å². The lowest BCUT2D eigenvalue weighted by molar-refractivity contribution is 0.129. The Morgan fingerprint density at radius 1 is 1.33 bits per heavy atom. The molecule has 5 heteroatoms. The van der Waals surface area contributed by atoms with Crippen LogP contribution < -0.4 is 4.74 Å². The van der Waals surface area contributed by atoms with Crippen molar-refractivity contribution in [3.05, 3.63) is 46.8 Å². The number of rotatable bonds is 4. The first kappa shape index (κ1) is 13.7. The molecule has 0 radical (unpaired) electrons. The molecule has 1 aliphatic carbocycles. The van der Waals surface area contributed by atoms with Crippen molar-refractivity contribution in [3.63, 3.8) is 0 Å². The number of fused-ring (bicyclic) bond motifs is 1. The summed E-state index contributed by atoms with van der Waals surface area (Å²) in [5, 5.41) is 8.03. The Kier molecular flexibility index (Phi) is 3.90. The molecular weight excluding hydrogens is 268 g/mol. The highest BCUT2D eigenvalue weighted by Crippen LogP contribution is 2.26. The van der Waals surface area contributed by atoms with E-state index in [1.54, 1.807) is 13.3 Å². The number of ether oxygens (including phenoxy) is 1. The molecule has 0 N–H and O–H groups in total. The second-order valence-electron chi connectivity index (χ2n) is 5.10. The van der Waals surface area contributed by atoms with Crippen molar-refractivity contribution in [3.8, 4) is 5.75 Å². The molecule has 1 aromatic carbocycles. The van der Waals surface area contributed by atoms with Gasteiger partial charge in [-0.25, -0.2) is 0 Å². The topological polar surface area (TPSA) is 56.9 Å². The molecule has 3 rings (SSSR count). The highest BCUT2D eigenvalue weighted by Gasteiger charge is 2.17. The van der Waals surface area contributed by atoms with Crippen molar-refractivity contribution in [1.82, 2.24) is 5.16 Å². The largest absolute Gasteiger partial charge is 0.497 e. The third kappa shape index (κ3) is 2.91. The summed E-state index contributed by atoms with van der Waals surface area (Å²) < 4.78 is 10.3. The van der Waals surface area contributed by atoms with Gasteiger partial charge in [0.25, 0.3) is 0 Å². The number of aryl methyl sites for hydroxylation is 2. The Balaban J connectivity index is 1.75. The van der Waals surface area contributed by atoms with E-state index in [1.807, 2.05) is 13.0 Å². The minimum absolute atomic E-state index is 0.379. The predicted molar refractivity (Wildman–Crippen MR) is 78.5 cm³/mol. The first-order valence-electron chi connectivity index (χ1n) is 7.04. The Bertz CT molecular complexity index is 661. The Labute approximate surface area is 123 Å². The third-order valence-corrected chi connectivity index (χ3v) is 3.73. The van der Waals surface area contributed by atoms with Crippen LogP contribution in [0.4, 0.5) is 0 Å². The lowest BCUT2D eigenvalue weighted by Gasteiger charge is -2.18. The number of methoxy groups -OCH3 is 1. The van der Waals surface area contributed by atoms with Crippen molar-refractivity contribution in [2.45, 2.75) is 32.8 Å². The molecule has 21 heavy (non-hydrogen) atoms. The van der Waals surface area contributed by atoms with Crippen LogP contribution in [0.1, 0.15) is 35.3 Å². The summed E-state index contributed by atoms with van der Waals surface area (Å²) in [7, 11) is 1.68. The van der Waals surface area contributed by atoms with Crippen LogP contribution in [0, 0.1) is 6.92 Å². The fraction of sp³-hybridized carbons (Fsp3) is 0.375. The maximum Gasteiger partial charge on any atom is 0.147 e. The minimum atomic E-state index is 0.379. The molecule has 0 saturated heterocycles. The minimum Gasteiger partial charge on any atom is -0.497 e. The molecule has 0 atom stereocenters. The molecule has 0 unspecified atom stereocenters. The van der Waals surface area contributed by atoms with Crippen molar-refractivity contribution >= 4 is 5.71 Å². The maximum atomic E-state index is 5.47. The van der Waals surface area contributed by atoms with Crippen molar-refractivity contribution in [2.75, 3.05) is 7.11 Å². The fourth-order valence-corrected chi connectivity index (χ4v) is 2.50. The average Bonchev–Trinajstić information content (AvgIpc) is 2.92. The Morgan fingerprint density at radius 2 is 2.24 bits per heavy atom. The van der Waals surface area contributed by atoms with Crippen LogP contribution >= 0.6 is 0 Å². The van der Waals surface area contributed by atoms with Crippen molar-refractivity contribution in [1.29, 1.82) is 0 Å². The normalized spacial score (nSPS) is 15.8. The smallest absolute Gasteiger partial charge is 0.147 e. The molecule has 0 spiro atoms. The molecule has 0 saturated carbocycles. The van der Waals surface area contributed by atoms with E-state index in [1.165, 1.54) is 5.56 Å². The van der Waals surface area contributed by atoms with Crippen LogP contribution in [-0.2, 0) is 17.9 Å². The van der Waals surface area contributed by atoms with Gasteiger partial charge in [-0.05, 0) is 49.9 Å². The van der Waals surface area contributed by atoms with Crippen LogP contribution in [0.5, 0.6) is 5.75 Å². The van der Waals surface area contributed by atoms with Gasteiger partial charge < -0.3 is 14.1 Å². The number of hydrogen-bond donors (Lipinski definition) is 0. The van der Waals surface area contributed by atoms with Gasteiger partial charge >= 0.3 is 0 Å². The van der Waals surface area contributed by atoms with E-state index in [-0.39, 0.29) is 0 Å². The summed E-state index contributed by atoms with van der Waals surface area (Å²) >= 11 is 0. The molecule has 0 bridgehead atoms. The average molecular weight is 286 g/mol. The first-order valence-corrected chi connectivity index (χ1v) is 7.04. The maximum absolute atomic E-state index is 5.47. The molecule has 1 aliphatic rings. The zero-order valence-corrected chi connectivity index (χ0v) is 12.3. The van der Waals surface area contributed by atoms with Crippen LogP contribution in [0.2, 0.25) is 0 Å². The third-order valence-electron chi connectivity index (χ3n) is 3.73. The highest BCUT2D eigenvalue weighted by atomic mass is 16.6. The van der Waals surface area contributed by atoms with Crippen LogP contribution in [0.15, 0.2) is 34.1 Å². The summed E-state index contributed by atoms with van der Waals surface area (Å²) in [6.07, 6.45) is 4.72. The SMILES string of the molecule is COc1ccc2c(c1)CCCC2=NOCc1cnoc1C. The fourth-order valence-electron chi connectivity index (χ4n) is 2.50. The van der Waals surface area contributed by atoms with Crippen molar-refractivity contribution < 1.29 is 14.1 Å². The molecule has 0 amide bonds. The van der Waals surface area contributed by atoms with Gasteiger partial charge in [-0.1, -0.05) is 10.3 Å². The second-order valence-corrected chi connectivity index (χ2v) is 5.10. The number of oxime groups is 1. The van der Waals surface area contributed by atoms with Gasteiger partial charge in [0.05, 0.1) is 24.6 Å². The Hall–Kier alpha value is -2.30. The number of nitrogens with zero attached hydrogens (tertiary/aromatic N) is 2. The van der Waals surface area contributed by atoms with Crippen molar-refractivity contribution in [2.24, 2.45) is 5.16 Å².